The summed E-state index contributed by atoms with van der Waals surface area (Å²) in [7, 11) is 1.52. The maximum atomic E-state index is 12.6. The number of aryl methyl sites for hydroxylation is 1. The van der Waals surface area contributed by atoms with Gasteiger partial charge in [-0.1, -0.05) is 23.4 Å². The van der Waals surface area contributed by atoms with Crippen molar-refractivity contribution in [1.82, 2.24) is 20.4 Å². The number of para-hydroxylation sites is 1. The monoisotopic (exact) mass is 312 g/mol. The number of nitrogens with zero attached hydrogens (tertiary/aromatic N) is 3. The molecule has 0 aliphatic rings. The van der Waals surface area contributed by atoms with Crippen molar-refractivity contribution in [2.24, 2.45) is 0 Å². The zero-order valence-corrected chi connectivity index (χ0v) is 13.0. The van der Waals surface area contributed by atoms with Crippen molar-refractivity contribution in [2.75, 3.05) is 7.11 Å². The van der Waals surface area contributed by atoms with Crippen molar-refractivity contribution in [3.63, 3.8) is 0 Å². The Kier molecular flexibility index (Phi) is 3.92. The highest BCUT2D eigenvalue weighted by molar-refractivity contribution is 6.06. The van der Waals surface area contributed by atoms with Crippen molar-refractivity contribution in [3.8, 4) is 5.88 Å². The fourth-order valence-electron chi connectivity index (χ4n) is 2.27. The molecule has 1 aromatic carbocycles. The van der Waals surface area contributed by atoms with Crippen LogP contribution < -0.4 is 10.1 Å². The zero-order chi connectivity index (χ0) is 16.4. The number of nitrogens with one attached hydrogen (secondary N) is 1. The molecule has 0 radical (unpaired) electrons. The van der Waals surface area contributed by atoms with Crippen LogP contribution in [0.4, 0.5) is 0 Å². The van der Waals surface area contributed by atoms with Gasteiger partial charge in [0.2, 0.25) is 11.8 Å². The first-order chi connectivity index (χ1) is 11.1. The number of benzene rings is 1. The third-order valence-electron chi connectivity index (χ3n) is 3.41. The molecule has 0 saturated carbocycles. The lowest BCUT2D eigenvalue weighted by molar-refractivity contribution is 0.0933. The van der Waals surface area contributed by atoms with Crippen molar-refractivity contribution in [3.05, 3.63) is 47.6 Å². The minimum Gasteiger partial charge on any atom is -0.481 e. The molecule has 1 amide bonds. The van der Waals surface area contributed by atoms with Gasteiger partial charge in [-0.15, -0.1) is 0 Å². The number of carbonyl (C=O) groups excluding carboxylic acids is 1. The summed E-state index contributed by atoms with van der Waals surface area (Å²) in [4.78, 5) is 21.1. The van der Waals surface area contributed by atoms with E-state index in [-0.39, 0.29) is 5.91 Å². The van der Waals surface area contributed by atoms with E-state index in [9.17, 15) is 4.79 Å². The largest absolute Gasteiger partial charge is 0.481 e. The molecule has 7 heteroatoms. The molecule has 118 valence electrons. The van der Waals surface area contributed by atoms with E-state index in [1.807, 2.05) is 24.3 Å². The second-order valence-corrected chi connectivity index (χ2v) is 5.10. The Hall–Kier alpha value is -2.96. The number of hydrogen-bond acceptors (Lipinski definition) is 6. The number of ether oxygens (including phenoxy) is 1. The van der Waals surface area contributed by atoms with Crippen LogP contribution in [-0.4, -0.2) is 28.1 Å². The van der Waals surface area contributed by atoms with Crippen molar-refractivity contribution < 1.29 is 14.1 Å². The molecule has 0 fully saturated rings. The van der Waals surface area contributed by atoms with E-state index in [1.165, 1.54) is 7.11 Å². The first kappa shape index (κ1) is 15.0. The van der Waals surface area contributed by atoms with Gasteiger partial charge in [0.05, 0.1) is 18.2 Å². The lowest BCUT2D eigenvalue weighted by Crippen LogP contribution is -2.27. The SMILES string of the molecule is COc1cc(C(=O)N[C@@H](C)c2nc(C)no2)c2ccccc2n1. The standard InChI is InChI=1S/C16H16N4O3/c1-9(16-18-10(2)20-23-16)17-15(21)12-8-14(22-3)19-13-7-5-4-6-11(12)13/h4-9H,1-3H3,(H,17,21)/t9-/m0/s1. The highest BCUT2D eigenvalue weighted by Crippen LogP contribution is 2.22. The normalized spacial score (nSPS) is 12.1. The third kappa shape index (κ3) is 2.98. The first-order valence-corrected chi connectivity index (χ1v) is 7.13. The molecule has 1 atom stereocenters. The average Bonchev–Trinajstić information content (AvgIpc) is 3.00. The average molecular weight is 312 g/mol. The Bertz CT molecular complexity index is 859. The van der Waals surface area contributed by atoms with Gasteiger partial charge < -0.3 is 14.6 Å². The van der Waals surface area contributed by atoms with Crippen LogP contribution in [0.1, 0.15) is 35.0 Å². The number of rotatable bonds is 4. The number of aromatic nitrogens is 3. The van der Waals surface area contributed by atoms with Gasteiger partial charge in [-0.25, -0.2) is 4.98 Å². The molecule has 23 heavy (non-hydrogen) atoms. The molecule has 0 unspecified atom stereocenters. The van der Waals surface area contributed by atoms with Gasteiger partial charge in [0.15, 0.2) is 5.82 Å². The van der Waals surface area contributed by atoms with Crippen molar-refractivity contribution in [2.45, 2.75) is 19.9 Å². The smallest absolute Gasteiger partial charge is 0.252 e. The molecule has 0 spiro atoms. The van der Waals surface area contributed by atoms with Gasteiger partial charge >= 0.3 is 0 Å². The van der Waals surface area contributed by atoms with E-state index in [1.54, 1.807) is 19.9 Å². The maximum Gasteiger partial charge on any atom is 0.252 e. The summed E-state index contributed by atoms with van der Waals surface area (Å²) in [6, 6.07) is 8.61. The van der Waals surface area contributed by atoms with Gasteiger partial charge in [-0.2, -0.15) is 4.98 Å². The molecular formula is C16H16N4O3. The summed E-state index contributed by atoms with van der Waals surface area (Å²) in [5.41, 5.74) is 1.17. The van der Waals surface area contributed by atoms with Crippen LogP contribution in [0, 0.1) is 6.92 Å². The number of methoxy groups -OCH3 is 1. The molecule has 7 nitrogen and oxygen atoms in total. The lowest BCUT2D eigenvalue weighted by atomic mass is 10.1. The van der Waals surface area contributed by atoms with Crippen LogP contribution in [0.15, 0.2) is 34.9 Å². The summed E-state index contributed by atoms with van der Waals surface area (Å²) in [5.74, 6) is 1.01. The molecule has 2 aromatic heterocycles. The highest BCUT2D eigenvalue weighted by Gasteiger charge is 2.19. The van der Waals surface area contributed by atoms with Gasteiger partial charge in [0, 0.05) is 11.5 Å². The van der Waals surface area contributed by atoms with Crippen LogP contribution in [0.2, 0.25) is 0 Å². The van der Waals surface area contributed by atoms with Gasteiger partial charge in [0.25, 0.3) is 5.91 Å². The minimum absolute atomic E-state index is 0.259. The van der Waals surface area contributed by atoms with Crippen molar-refractivity contribution in [1.29, 1.82) is 0 Å². The Morgan fingerprint density at radius 1 is 1.30 bits per heavy atom. The highest BCUT2D eigenvalue weighted by atomic mass is 16.5. The topological polar surface area (TPSA) is 90.1 Å². The molecule has 0 aliphatic carbocycles. The number of fused-ring (bicyclic) bond motifs is 1. The molecular weight excluding hydrogens is 296 g/mol. The zero-order valence-electron chi connectivity index (χ0n) is 13.0. The number of pyridine rings is 1. The van der Waals surface area contributed by atoms with Gasteiger partial charge in [-0.3, -0.25) is 4.79 Å². The van der Waals surface area contributed by atoms with E-state index < -0.39 is 6.04 Å². The quantitative estimate of drug-likeness (QED) is 0.795. The first-order valence-electron chi connectivity index (χ1n) is 7.13. The molecule has 1 N–H and O–H groups in total. The van der Waals surface area contributed by atoms with Crippen LogP contribution in [0.5, 0.6) is 5.88 Å². The van der Waals surface area contributed by atoms with Crippen LogP contribution in [0.3, 0.4) is 0 Å². The summed E-state index contributed by atoms with van der Waals surface area (Å²) >= 11 is 0. The van der Waals surface area contributed by atoms with E-state index in [4.69, 9.17) is 9.26 Å². The van der Waals surface area contributed by atoms with Crippen LogP contribution in [0.25, 0.3) is 10.9 Å². The maximum absolute atomic E-state index is 12.6. The fourth-order valence-corrected chi connectivity index (χ4v) is 2.27. The summed E-state index contributed by atoms with van der Waals surface area (Å²) < 4.78 is 10.3. The van der Waals surface area contributed by atoms with E-state index >= 15 is 0 Å². The molecule has 3 rings (SSSR count). The minimum atomic E-state index is -0.401. The van der Waals surface area contributed by atoms with Gasteiger partial charge in [-0.05, 0) is 19.9 Å². The number of hydrogen-bond donors (Lipinski definition) is 1. The summed E-state index contributed by atoms with van der Waals surface area (Å²) in [6.07, 6.45) is 0. The summed E-state index contributed by atoms with van der Waals surface area (Å²) in [6.45, 7) is 3.51. The Balaban J connectivity index is 1.94. The third-order valence-corrected chi connectivity index (χ3v) is 3.41. The lowest BCUT2D eigenvalue weighted by Gasteiger charge is -2.12. The Morgan fingerprint density at radius 2 is 2.09 bits per heavy atom. The molecule has 2 heterocycles. The van der Waals surface area contributed by atoms with E-state index in [2.05, 4.69) is 20.4 Å². The molecule has 0 bridgehead atoms. The number of amides is 1. The summed E-state index contributed by atoms with van der Waals surface area (Å²) in [5, 5.41) is 7.33. The van der Waals surface area contributed by atoms with Crippen LogP contribution >= 0.6 is 0 Å². The second kappa shape index (κ2) is 6.04. The van der Waals surface area contributed by atoms with E-state index in [0.29, 0.717) is 28.7 Å². The Morgan fingerprint density at radius 3 is 2.78 bits per heavy atom. The molecule has 0 saturated heterocycles. The molecule has 3 aromatic rings. The Labute approximate surface area is 132 Å². The number of carbonyl (C=O) groups is 1. The molecule has 0 aliphatic heterocycles. The van der Waals surface area contributed by atoms with E-state index in [0.717, 1.165) is 5.39 Å². The predicted molar refractivity (Wildman–Crippen MR) is 83.2 cm³/mol. The van der Waals surface area contributed by atoms with Crippen molar-refractivity contribution >= 4 is 16.8 Å². The fraction of sp³-hybridized carbons (Fsp3) is 0.250. The second-order valence-electron chi connectivity index (χ2n) is 5.10. The van der Waals surface area contributed by atoms with Crippen LogP contribution in [-0.2, 0) is 0 Å². The predicted octanol–water partition coefficient (Wildman–Crippen LogP) is 2.43. The van der Waals surface area contributed by atoms with Gasteiger partial charge in [0.1, 0.15) is 6.04 Å².